The number of phenols is 1. The summed E-state index contributed by atoms with van der Waals surface area (Å²) in [5.74, 6) is 0.731. The zero-order valence-electron chi connectivity index (χ0n) is 16.9. The van der Waals surface area contributed by atoms with Gasteiger partial charge in [0.05, 0.1) is 32.0 Å². The Hall–Kier alpha value is -3.31. The van der Waals surface area contributed by atoms with Crippen molar-refractivity contribution in [2.45, 2.75) is 18.3 Å². The Morgan fingerprint density at radius 1 is 1.06 bits per heavy atom. The molecule has 1 aromatic heterocycles. The number of thiazole rings is 1. The zero-order chi connectivity index (χ0) is 23.1. The number of halogens is 3. The third-order valence-corrected chi connectivity index (χ3v) is 5.79. The molecule has 1 atom stereocenters. The molecule has 0 spiro atoms. The predicted octanol–water partition coefficient (Wildman–Crippen LogP) is 4.40. The smallest absolute Gasteiger partial charge is 0.438 e. The molecule has 4 rings (SSSR count). The van der Waals surface area contributed by atoms with Crippen molar-refractivity contribution in [1.29, 1.82) is 0 Å². The van der Waals surface area contributed by atoms with E-state index >= 15 is 0 Å². The highest BCUT2D eigenvalue weighted by molar-refractivity contribution is 7.14. The first-order valence-corrected chi connectivity index (χ1v) is 10.2. The van der Waals surface area contributed by atoms with Crippen molar-refractivity contribution in [3.63, 3.8) is 0 Å². The average molecular weight is 465 g/mol. The Balaban J connectivity index is 1.76. The number of hydrogen-bond donors (Lipinski definition) is 2. The number of aromatic hydroxyl groups is 1. The highest BCUT2D eigenvalue weighted by Gasteiger charge is 2.62. The largest absolute Gasteiger partial charge is 0.508 e. The number of aromatic nitrogens is 1. The minimum atomic E-state index is -5.01. The molecule has 11 heteroatoms. The normalized spacial score (nSPS) is 18.6. The summed E-state index contributed by atoms with van der Waals surface area (Å²) in [5.41, 5.74) is -2.05. The van der Waals surface area contributed by atoms with Crippen LogP contribution in [0.4, 0.5) is 18.3 Å². The highest BCUT2D eigenvalue weighted by Crippen LogP contribution is 2.45. The molecule has 1 unspecified atom stereocenters. The zero-order valence-corrected chi connectivity index (χ0v) is 17.7. The fraction of sp³-hybridized carbons (Fsp3) is 0.238. The second-order valence-electron chi connectivity index (χ2n) is 6.99. The van der Waals surface area contributed by atoms with Crippen LogP contribution in [0.1, 0.15) is 12.0 Å². The van der Waals surface area contributed by atoms with Crippen molar-refractivity contribution in [2.24, 2.45) is 5.10 Å². The summed E-state index contributed by atoms with van der Waals surface area (Å²) in [7, 11) is 2.86. The molecular formula is C21H18F3N3O4S. The van der Waals surface area contributed by atoms with Crippen LogP contribution in [-0.4, -0.2) is 47.0 Å². The number of hydrazone groups is 1. The number of phenolic OH excluding ortho intramolecular Hbond substituents is 1. The SMILES string of the molecule is COc1ccc(C2=NN(c3nc(-c4cccc(O)c4)cs3)C(O)(C(F)(F)F)C2)cc1OC. The fourth-order valence-electron chi connectivity index (χ4n) is 3.30. The quantitative estimate of drug-likeness (QED) is 0.581. The summed E-state index contributed by atoms with van der Waals surface area (Å²) in [6.45, 7) is 0. The van der Waals surface area contributed by atoms with Crippen molar-refractivity contribution in [3.8, 4) is 28.5 Å². The van der Waals surface area contributed by atoms with Crippen molar-refractivity contribution in [2.75, 3.05) is 19.2 Å². The minimum Gasteiger partial charge on any atom is -0.508 e. The number of hydrogen-bond acceptors (Lipinski definition) is 8. The molecule has 0 bridgehead atoms. The van der Waals surface area contributed by atoms with Crippen LogP contribution in [0.3, 0.4) is 0 Å². The summed E-state index contributed by atoms with van der Waals surface area (Å²) in [5, 5.41) is 26.3. The van der Waals surface area contributed by atoms with E-state index in [-0.39, 0.29) is 16.6 Å². The van der Waals surface area contributed by atoms with Crippen molar-refractivity contribution in [3.05, 3.63) is 53.4 Å². The van der Waals surface area contributed by atoms with E-state index in [2.05, 4.69) is 10.1 Å². The molecule has 1 aliphatic heterocycles. The number of anilines is 1. The first-order chi connectivity index (χ1) is 15.2. The van der Waals surface area contributed by atoms with Gasteiger partial charge in [-0.2, -0.15) is 23.3 Å². The molecular weight excluding hydrogens is 447 g/mol. The maximum Gasteiger partial charge on any atom is 0.438 e. The van der Waals surface area contributed by atoms with Crippen molar-refractivity contribution < 1.29 is 32.9 Å². The first kappa shape index (κ1) is 21.9. The third kappa shape index (κ3) is 3.73. The number of ether oxygens (including phenoxy) is 2. The van der Waals surface area contributed by atoms with Gasteiger partial charge in [-0.25, -0.2) is 4.98 Å². The molecule has 3 aromatic rings. The topological polar surface area (TPSA) is 87.4 Å². The molecule has 7 nitrogen and oxygen atoms in total. The van der Waals surface area contributed by atoms with Crippen LogP contribution in [0.25, 0.3) is 11.3 Å². The Kier molecular flexibility index (Phi) is 5.47. The molecule has 0 saturated carbocycles. The van der Waals surface area contributed by atoms with Gasteiger partial charge in [0.15, 0.2) is 11.5 Å². The van der Waals surface area contributed by atoms with Crippen LogP contribution in [0, 0.1) is 0 Å². The number of rotatable bonds is 5. The molecule has 2 N–H and O–H groups in total. The van der Waals surface area contributed by atoms with Crippen LogP contribution >= 0.6 is 11.3 Å². The second-order valence-corrected chi connectivity index (χ2v) is 7.82. The third-order valence-electron chi connectivity index (χ3n) is 4.97. The molecule has 168 valence electrons. The van der Waals surface area contributed by atoms with Crippen LogP contribution in [-0.2, 0) is 0 Å². The van der Waals surface area contributed by atoms with E-state index in [4.69, 9.17) is 9.47 Å². The Morgan fingerprint density at radius 3 is 2.47 bits per heavy atom. The van der Waals surface area contributed by atoms with Gasteiger partial charge in [-0.05, 0) is 30.3 Å². The van der Waals surface area contributed by atoms with Crippen LogP contribution in [0.2, 0.25) is 0 Å². The summed E-state index contributed by atoms with van der Waals surface area (Å²) in [4.78, 5) is 4.22. The van der Waals surface area contributed by atoms with Gasteiger partial charge in [-0.1, -0.05) is 12.1 Å². The number of alkyl halides is 3. The van der Waals surface area contributed by atoms with Crippen LogP contribution < -0.4 is 14.5 Å². The van der Waals surface area contributed by atoms with Gasteiger partial charge in [-0.3, -0.25) is 0 Å². The summed E-state index contributed by atoms with van der Waals surface area (Å²) in [6.07, 6.45) is -5.81. The van der Waals surface area contributed by atoms with Gasteiger partial charge in [0.2, 0.25) is 5.13 Å². The van der Waals surface area contributed by atoms with E-state index in [9.17, 15) is 23.4 Å². The number of benzene rings is 2. The van der Waals surface area contributed by atoms with E-state index in [0.29, 0.717) is 33.3 Å². The van der Waals surface area contributed by atoms with Gasteiger partial charge in [-0.15, -0.1) is 11.3 Å². The van der Waals surface area contributed by atoms with Gasteiger partial charge < -0.3 is 19.7 Å². The lowest BCUT2D eigenvalue weighted by Gasteiger charge is -2.32. The van der Waals surface area contributed by atoms with Crippen LogP contribution in [0.5, 0.6) is 17.2 Å². The van der Waals surface area contributed by atoms with Gasteiger partial charge in [0, 0.05) is 16.5 Å². The predicted molar refractivity (Wildman–Crippen MR) is 113 cm³/mol. The monoisotopic (exact) mass is 465 g/mol. The van der Waals surface area contributed by atoms with Gasteiger partial charge >= 0.3 is 6.18 Å². The standard InChI is InChI=1S/C21H18F3N3O4S/c1-30-17-7-6-13(9-18(17)31-2)15-10-20(29,21(22,23)24)27(26-15)19-25-16(11-32-19)12-4-3-5-14(28)8-12/h3-9,11,28-29H,10H2,1-2H3. The molecule has 2 heterocycles. The molecule has 0 aliphatic carbocycles. The lowest BCUT2D eigenvalue weighted by Crippen LogP contribution is -2.55. The lowest BCUT2D eigenvalue weighted by molar-refractivity contribution is -0.254. The van der Waals surface area contributed by atoms with E-state index in [1.807, 2.05) is 0 Å². The van der Waals surface area contributed by atoms with E-state index < -0.39 is 18.3 Å². The Labute approximate surface area is 185 Å². The van der Waals surface area contributed by atoms with E-state index in [1.54, 1.807) is 24.3 Å². The van der Waals surface area contributed by atoms with E-state index in [0.717, 1.165) is 11.3 Å². The number of nitrogens with zero attached hydrogens (tertiary/aromatic N) is 3. The molecule has 0 fully saturated rings. The summed E-state index contributed by atoms with van der Waals surface area (Å²) < 4.78 is 52.2. The number of methoxy groups -OCH3 is 2. The minimum absolute atomic E-state index is 0.00113. The maximum absolute atomic E-state index is 14.0. The van der Waals surface area contributed by atoms with E-state index in [1.165, 1.54) is 37.8 Å². The molecule has 0 radical (unpaired) electrons. The van der Waals surface area contributed by atoms with Crippen molar-refractivity contribution >= 4 is 22.2 Å². The summed E-state index contributed by atoms with van der Waals surface area (Å²) in [6, 6.07) is 10.8. The van der Waals surface area contributed by atoms with Gasteiger partial charge in [0.1, 0.15) is 5.75 Å². The fourth-order valence-corrected chi connectivity index (χ4v) is 4.15. The molecule has 0 saturated heterocycles. The first-order valence-electron chi connectivity index (χ1n) is 9.30. The molecule has 32 heavy (non-hydrogen) atoms. The maximum atomic E-state index is 14.0. The summed E-state index contributed by atoms with van der Waals surface area (Å²) >= 11 is 0.898. The van der Waals surface area contributed by atoms with Crippen LogP contribution in [0.15, 0.2) is 52.9 Å². The van der Waals surface area contributed by atoms with Gasteiger partial charge in [0.25, 0.3) is 5.72 Å². The molecule has 1 aliphatic rings. The highest BCUT2D eigenvalue weighted by atomic mass is 32.1. The average Bonchev–Trinajstić information content (AvgIpc) is 3.38. The lowest BCUT2D eigenvalue weighted by atomic mass is 10.0. The Bertz CT molecular complexity index is 1180. The number of aliphatic hydroxyl groups is 1. The molecule has 0 amide bonds. The Morgan fingerprint density at radius 2 is 1.81 bits per heavy atom. The molecule has 2 aromatic carbocycles. The second kappa shape index (κ2) is 7.99. The van der Waals surface area contributed by atoms with Crippen molar-refractivity contribution in [1.82, 2.24) is 4.98 Å².